The molecule has 6 heteroatoms. The Hall–Kier alpha value is -3.15. The van der Waals surface area contributed by atoms with Gasteiger partial charge in [-0.15, -0.1) is 0 Å². The molecule has 0 fully saturated rings. The number of carbonyl (C=O) groups excluding carboxylic acids is 3. The van der Waals surface area contributed by atoms with Crippen molar-refractivity contribution in [1.29, 1.82) is 0 Å². The van der Waals surface area contributed by atoms with Crippen LogP contribution in [-0.4, -0.2) is 37.2 Å². The second-order valence-electron chi connectivity index (χ2n) is 22.0. The number of allylic oxidation sites excluding steroid dienone is 12. The Balaban J connectivity index is 4.19. The van der Waals surface area contributed by atoms with Gasteiger partial charge in [-0.25, -0.2) is 0 Å². The Morgan fingerprint density at radius 3 is 0.908 bits per heavy atom. The van der Waals surface area contributed by atoms with Crippen LogP contribution in [0.3, 0.4) is 0 Å². The summed E-state index contributed by atoms with van der Waals surface area (Å²) in [6.45, 7) is 6.46. The van der Waals surface area contributed by atoms with Crippen molar-refractivity contribution < 1.29 is 28.6 Å². The van der Waals surface area contributed by atoms with Crippen molar-refractivity contribution in [2.75, 3.05) is 13.2 Å². The van der Waals surface area contributed by atoms with Gasteiger partial charge < -0.3 is 14.2 Å². The lowest BCUT2D eigenvalue weighted by Crippen LogP contribution is -2.30. The second kappa shape index (κ2) is 64.4. The summed E-state index contributed by atoms with van der Waals surface area (Å²) in [4.78, 5) is 38.2. The minimum absolute atomic E-state index is 0.101. The van der Waals surface area contributed by atoms with Crippen LogP contribution < -0.4 is 0 Å². The summed E-state index contributed by atoms with van der Waals surface area (Å²) in [5.74, 6) is -0.987. The van der Waals surface area contributed by atoms with Crippen LogP contribution in [-0.2, 0) is 28.6 Å². The normalized spacial score (nSPS) is 12.5. The molecule has 0 N–H and O–H groups in total. The average Bonchev–Trinajstić information content (AvgIpc) is 3.42. The summed E-state index contributed by atoms with van der Waals surface area (Å²) in [5.41, 5.74) is 0. The molecule has 0 bridgehead atoms. The molecule has 1 atom stereocenters. The summed E-state index contributed by atoms with van der Waals surface area (Å²) in [7, 11) is 0. The third kappa shape index (κ3) is 61.7. The number of rotatable bonds is 60. The summed E-state index contributed by atoms with van der Waals surface area (Å²) in [6.07, 6.45) is 83.9. The Labute approximate surface area is 472 Å². The fourth-order valence-electron chi connectivity index (χ4n) is 9.55. The van der Waals surface area contributed by atoms with Crippen molar-refractivity contribution >= 4 is 17.9 Å². The standard InChI is InChI=1S/C70H124O6/c1-4-7-10-13-16-19-22-25-27-28-29-30-31-32-33-34-35-36-37-38-39-40-41-43-45-48-51-54-57-60-63-69(72)75-66-67(65-74-68(71)62-59-56-53-50-47-44-24-21-18-15-12-9-6-3)76-70(73)64-61-58-55-52-49-46-42-26-23-20-17-14-11-8-5-2/h9,12,17-18,20-21,26,42,44,47,53,56,67H,4-8,10-11,13-16,19,22-25,27-41,43,45-46,48-52,54-55,57-66H2,1-3H3/b12-9-,20-17-,21-18-,42-26-,47-44-,56-53-. The van der Waals surface area contributed by atoms with Gasteiger partial charge in [-0.3, -0.25) is 14.4 Å². The van der Waals surface area contributed by atoms with Crippen LogP contribution in [0.1, 0.15) is 335 Å². The van der Waals surface area contributed by atoms with Crippen molar-refractivity contribution in [3.8, 4) is 0 Å². The summed E-state index contributed by atoms with van der Waals surface area (Å²) >= 11 is 0. The monoisotopic (exact) mass is 1060 g/mol. The predicted molar refractivity (Wildman–Crippen MR) is 330 cm³/mol. The number of carbonyl (C=O) groups is 3. The maximum atomic E-state index is 12.9. The van der Waals surface area contributed by atoms with Gasteiger partial charge in [0.15, 0.2) is 6.10 Å². The topological polar surface area (TPSA) is 78.9 Å². The van der Waals surface area contributed by atoms with Crippen molar-refractivity contribution in [2.24, 2.45) is 0 Å². The van der Waals surface area contributed by atoms with E-state index >= 15 is 0 Å². The van der Waals surface area contributed by atoms with E-state index < -0.39 is 6.10 Å². The lowest BCUT2D eigenvalue weighted by Gasteiger charge is -2.18. The van der Waals surface area contributed by atoms with E-state index in [4.69, 9.17) is 14.2 Å². The van der Waals surface area contributed by atoms with Crippen molar-refractivity contribution in [2.45, 2.75) is 341 Å². The molecule has 0 radical (unpaired) electrons. The van der Waals surface area contributed by atoms with E-state index in [1.807, 2.05) is 6.08 Å². The predicted octanol–water partition coefficient (Wildman–Crippen LogP) is 22.5. The first-order valence-electron chi connectivity index (χ1n) is 32.9. The molecule has 0 aliphatic rings. The van der Waals surface area contributed by atoms with Crippen LogP contribution >= 0.6 is 0 Å². The van der Waals surface area contributed by atoms with E-state index in [0.717, 1.165) is 89.9 Å². The number of unbranched alkanes of at least 4 members (excludes halogenated alkanes) is 37. The zero-order valence-corrected chi connectivity index (χ0v) is 50.5. The number of hydrogen-bond acceptors (Lipinski definition) is 6. The first-order chi connectivity index (χ1) is 37.5. The summed E-state index contributed by atoms with van der Waals surface area (Å²) in [6, 6.07) is 0. The molecular weight excluding hydrogens is 937 g/mol. The van der Waals surface area contributed by atoms with Crippen LogP contribution in [0.5, 0.6) is 0 Å². The largest absolute Gasteiger partial charge is 0.462 e. The van der Waals surface area contributed by atoms with Crippen LogP contribution in [0.4, 0.5) is 0 Å². The molecule has 0 saturated heterocycles. The van der Waals surface area contributed by atoms with Gasteiger partial charge in [0.25, 0.3) is 0 Å². The third-order valence-corrected chi connectivity index (χ3v) is 14.5. The molecule has 0 heterocycles. The fourth-order valence-corrected chi connectivity index (χ4v) is 9.55. The van der Waals surface area contributed by atoms with Gasteiger partial charge in [0.2, 0.25) is 0 Å². The van der Waals surface area contributed by atoms with Gasteiger partial charge in [-0.1, -0.05) is 312 Å². The second-order valence-corrected chi connectivity index (χ2v) is 22.0. The van der Waals surface area contributed by atoms with Crippen molar-refractivity contribution in [1.82, 2.24) is 0 Å². The van der Waals surface area contributed by atoms with Gasteiger partial charge in [0, 0.05) is 19.3 Å². The maximum Gasteiger partial charge on any atom is 0.306 e. The van der Waals surface area contributed by atoms with Gasteiger partial charge in [-0.2, -0.15) is 0 Å². The number of hydrogen-bond donors (Lipinski definition) is 0. The zero-order chi connectivity index (χ0) is 55.0. The lowest BCUT2D eigenvalue weighted by molar-refractivity contribution is -0.166. The van der Waals surface area contributed by atoms with Crippen molar-refractivity contribution in [3.05, 3.63) is 72.9 Å². The first kappa shape index (κ1) is 72.8. The molecule has 0 spiro atoms. The smallest absolute Gasteiger partial charge is 0.306 e. The van der Waals surface area contributed by atoms with Crippen LogP contribution in [0, 0.1) is 0 Å². The molecule has 0 amide bonds. The summed E-state index contributed by atoms with van der Waals surface area (Å²) < 4.78 is 16.8. The first-order valence-corrected chi connectivity index (χ1v) is 32.9. The molecule has 0 aromatic heterocycles. The molecule has 0 aliphatic heterocycles. The van der Waals surface area contributed by atoms with Crippen molar-refractivity contribution in [3.63, 3.8) is 0 Å². The van der Waals surface area contributed by atoms with Gasteiger partial charge in [0.05, 0.1) is 0 Å². The minimum Gasteiger partial charge on any atom is -0.462 e. The number of ether oxygens (including phenoxy) is 3. The van der Waals surface area contributed by atoms with E-state index in [-0.39, 0.29) is 37.5 Å². The fraction of sp³-hybridized carbons (Fsp3) is 0.786. The van der Waals surface area contributed by atoms with E-state index in [1.54, 1.807) is 0 Å². The highest BCUT2D eigenvalue weighted by molar-refractivity contribution is 5.71. The molecule has 0 rings (SSSR count). The van der Waals surface area contributed by atoms with Gasteiger partial charge in [-0.05, 0) is 77.0 Å². The van der Waals surface area contributed by atoms with Crippen LogP contribution in [0.15, 0.2) is 72.9 Å². The lowest BCUT2D eigenvalue weighted by atomic mass is 10.0. The number of esters is 3. The van der Waals surface area contributed by atoms with E-state index in [9.17, 15) is 14.4 Å². The Bertz CT molecular complexity index is 1400. The molecule has 1 unspecified atom stereocenters. The average molecular weight is 1060 g/mol. The summed E-state index contributed by atoms with van der Waals surface area (Å²) in [5, 5.41) is 0. The van der Waals surface area contributed by atoms with Gasteiger partial charge in [0.1, 0.15) is 13.2 Å². The minimum atomic E-state index is -0.811. The van der Waals surface area contributed by atoms with Gasteiger partial charge >= 0.3 is 17.9 Å². The third-order valence-electron chi connectivity index (χ3n) is 14.5. The molecule has 0 saturated carbocycles. The van der Waals surface area contributed by atoms with E-state index in [2.05, 4.69) is 87.6 Å². The Morgan fingerprint density at radius 2 is 0.539 bits per heavy atom. The SMILES string of the molecule is CC/C=C\C/C=C\C/C=C\C/C=C\CCC(=O)OCC(COC(=O)CCCCCCCCCCCCCCCCCCCCCCCCCCCCCCCC)OC(=O)CCCCCCC/C=C\C/C=C\CCCCC. The van der Waals surface area contributed by atoms with Crippen LogP contribution in [0.2, 0.25) is 0 Å². The molecular formula is C70H124O6. The highest BCUT2D eigenvalue weighted by Gasteiger charge is 2.19. The highest BCUT2D eigenvalue weighted by Crippen LogP contribution is 2.18. The molecule has 0 aromatic rings. The Morgan fingerprint density at radius 1 is 0.276 bits per heavy atom. The zero-order valence-electron chi connectivity index (χ0n) is 50.5. The van der Waals surface area contributed by atoms with E-state index in [0.29, 0.717) is 19.3 Å². The highest BCUT2D eigenvalue weighted by atomic mass is 16.6. The molecule has 6 nitrogen and oxygen atoms in total. The Kier molecular flexibility index (Phi) is 61.7. The van der Waals surface area contributed by atoms with E-state index in [1.165, 1.54) is 199 Å². The molecule has 0 aliphatic carbocycles. The molecule has 0 aromatic carbocycles. The quantitative estimate of drug-likeness (QED) is 0.0261. The molecule has 440 valence electrons. The maximum absolute atomic E-state index is 12.9. The molecule has 76 heavy (non-hydrogen) atoms. The van der Waals surface area contributed by atoms with Crippen LogP contribution in [0.25, 0.3) is 0 Å².